The molecule has 1 aromatic carbocycles. The SMILES string of the molecule is CCOC(=O)COc1ccccc1/C=C(/C#N)C(=O)c1cccs1. The molecule has 0 aliphatic rings. The molecule has 0 N–H and O–H groups in total. The van der Waals surface area contributed by atoms with Gasteiger partial charge in [0, 0.05) is 5.56 Å². The number of ether oxygens (including phenoxy) is 2. The third kappa shape index (κ3) is 4.54. The molecule has 0 aliphatic heterocycles. The van der Waals surface area contributed by atoms with Crippen LogP contribution in [0.3, 0.4) is 0 Å². The average Bonchev–Trinajstić information content (AvgIpc) is 3.13. The highest BCUT2D eigenvalue weighted by molar-refractivity contribution is 7.12. The number of para-hydroxylation sites is 1. The van der Waals surface area contributed by atoms with Gasteiger partial charge in [0.25, 0.3) is 0 Å². The van der Waals surface area contributed by atoms with E-state index in [2.05, 4.69) is 0 Å². The topological polar surface area (TPSA) is 76.4 Å². The van der Waals surface area contributed by atoms with Crippen LogP contribution in [0.25, 0.3) is 6.08 Å². The van der Waals surface area contributed by atoms with Crippen LogP contribution in [0.5, 0.6) is 5.75 Å². The van der Waals surface area contributed by atoms with Crippen LogP contribution in [0.1, 0.15) is 22.2 Å². The number of Topliss-reactive ketones (excluding diaryl/α,β-unsaturated/α-hetero) is 1. The van der Waals surface area contributed by atoms with Gasteiger partial charge in [-0.25, -0.2) is 4.79 Å². The van der Waals surface area contributed by atoms with Gasteiger partial charge in [0.05, 0.1) is 11.5 Å². The number of hydrogen-bond acceptors (Lipinski definition) is 6. The Morgan fingerprint density at radius 2 is 2.04 bits per heavy atom. The Balaban J connectivity index is 2.23. The average molecular weight is 341 g/mol. The third-order valence-corrected chi connectivity index (χ3v) is 3.85. The first-order valence-electron chi connectivity index (χ1n) is 7.23. The Labute approximate surface area is 143 Å². The second-order valence-electron chi connectivity index (χ2n) is 4.61. The zero-order valence-electron chi connectivity index (χ0n) is 13.0. The second kappa shape index (κ2) is 8.65. The van der Waals surface area contributed by atoms with E-state index < -0.39 is 5.97 Å². The van der Waals surface area contributed by atoms with Gasteiger partial charge in [-0.2, -0.15) is 5.26 Å². The summed E-state index contributed by atoms with van der Waals surface area (Å²) in [7, 11) is 0. The monoisotopic (exact) mass is 341 g/mol. The fourth-order valence-corrected chi connectivity index (χ4v) is 2.59. The van der Waals surface area contributed by atoms with Crippen molar-refractivity contribution in [1.29, 1.82) is 5.26 Å². The molecule has 24 heavy (non-hydrogen) atoms. The van der Waals surface area contributed by atoms with Crippen LogP contribution in [-0.2, 0) is 9.53 Å². The molecule has 0 aliphatic carbocycles. The van der Waals surface area contributed by atoms with Crippen LogP contribution in [-0.4, -0.2) is 25.0 Å². The largest absolute Gasteiger partial charge is 0.481 e. The minimum Gasteiger partial charge on any atom is -0.481 e. The first kappa shape index (κ1) is 17.4. The van der Waals surface area contributed by atoms with Gasteiger partial charge in [0.15, 0.2) is 6.61 Å². The lowest BCUT2D eigenvalue weighted by molar-refractivity contribution is -0.145. The molecule has 2 aromatic rings. The molecule has 0 unspecified atom stereocenters. The number of carbonyl (C=O) groups is 2. The van der Waals surface area contributed by atoms with Gasteiger partial charge in [-0.15, -0.1) is 11.3 Å². The van der Waals surface area contributed by atoms with Crippen LogP contribution in [0.2, 0.25) is 0 Å². The number of rotatable bonds is 7. The maximum Gasteiger partial charge on any atom is 0.344 e. The molecule has 1 heterocycles. The van der Waals surface area contributed by atoms with E-state index in [-0.39, 0.29) is 24.6 Å². The minimum absolute atomic E-state index is 0.00429. The molecule has 0 bridgehead atoms. The van der Waals surface area contributed by atoms with Gasteiger partial charge in [-0.1, -0.05) is 24.3 Å². The number of benzene rings is 1. The normalized spacial score (nSPS) is 10.8. The summed E-state index contributed by atoms with van der Waals surface area (Å²) in [6.07, 6.45) is 1.46. The summed E-state index contributed by atoms with van der Waals surface area (Å²) in [6, 6.07) is 12.2. The van der Waals surface area contributed by atoms with Crippen molar-refractivity contribution in [2.24, 2.45) is 0 Å². The molecule has 0 radical (unpaired) electrons. The summed E-state index contributed by atoms with van der Waals surface area (Å²) >= 11 is 1.28. The van der Waals surface area contributed by atoms with E-state index in [0.29, 0.717) is 16.2 Å². The highest BCUT2D eigenvalue weighted by atomic mass is 32.1. The third-order valence-electron chi connectivity index (χ3n) is 2.98. The van der Waals surface area contributed by atoms with Gasteiger partial charge < -0.3 is 9.47 Å². The molecule has 0 saturated heterocycles. The lowest BCUT2D eigenvalue weighted by Crippen LogP contribution is -2.15. The Kier molecular flexibility index (Phi) is 6.29. The molecule has 6 heteroatoms. The Bertz CT molecular complexity index is 788. The van der Waals surface area contributed by atoms with E-state index in [1.165, 1.54) is 17.4 Å². The summed E-state index contributed by atoms with van der Waals surface area (Å²) in [5.41, 5.74) is 0.549. The number of nitrogens with zero attached hydrogens (tertiary/aromatic N) is 1. The standard InChI is InChI=1S/C18H15NO4S/c1-2-22-17(20)12-23-15-7-4-3-6-13(15)10-14(11-19)18(21)16-8-5-9-24-16/h3-10H,2,12H2,1H3/b14-10-. The Morgan fingerprint density at radius 1 is 1.25 bits per heavy atom. The van der Waals surface area contributed by atoms with E-state index in [4.69, 9.17) is 9.47 Å². The van der Waals surface area contributed by atoms with Crippen molar-refractivity contribution in [3.63, 3.8) is 0 Å². The molecule has 0 saturated carbocycles. The van der Waals surface area contributed by atoms with Crippen molar-refractivity contribution in [3.8, 4) is 11.8 Å². The first-order chi connectivity index (χ1) is 11.7. The maximum atomic E-state index is 12.3. The number of nitriles is 1. The molecule has 2 rings (SSSR count). The van der Waals surface area contributed by atoms with Gasteiger partial charge in [-0.05, 0) is 30.5 Å². The fraction of sp³-hybridized carbons (Fsp3) is 0.167. The number of hydrogen-bond donors (Lipinski definition) is 0. The van der Waals surface area contributed by atoms with Crippen LogP contribution in [0.4, 0.5) is 0 Å². The molecule has 122 valence electrons. The molecule has 1 aromatic heterocycles. The number of allylic oxidation sites excluding steroid dienone is 1. The molecule has 0 fully saturated rings. The summed E-state index contributed by atoms with van der Waals surface area (Å²) in [5, 5.41) is 11.1. The van der Waals surface area contributed by atoms with E-state index in [9.17, 15) is 14.9 Å². The lowest BCUT2D eigenvalue weighted by atomic mass is 10.1. The number of esters is 1. The highest BCUT2D eigenvalue weighted by Gasteiger charge is 2.14. The predicted molar refractivity (Wildman–Crippen MR) is 90.8 cm³/mol. The van der Waals surface area contributed by atoms with Crippen molar-refractivity contribution < 1.29 is 19.1 Å². The van der Waals surface area contributed by atoms with Crippen LogP contribution in [0, 0.1) is 11.3 Å². The van der Waals surface area contributed by atoms with Crippen molar-refractivity contribution in [2.75, 3.05) is 13.2 Å². The minimum atomic E-state index is -0.480. The van der Waals surface area contributed by atoms with E-state index >= 15 is 0 Å². The van der Waals surface area contributed by atoms with Crippen molar-refractivity contribution >= 4 is 29.2 Å². The fourth-order valence-electron chi connectivity index (χ4n) is 1.92. The van der Waals surface area contributed by atoms with E-state index in [1.807, 2.05) is 6.07 Å². The highest BCUT2D eigenvalue weighted by Crippen LogP contribution is 2.23. The second-order valence-corrected chi connectivity index (χ2v) is 5.56. The summed E-state index contributed by atoms with van der Waals surface area (Å²) in [5.74, 6) is -0.420. The summed E-state index contributed by atoms with van der Waals surface area (Å²) in [6.45, 7) is 1.75. The van der Waals surface area contributed by atoms with Gasteiger partial charge in [-0.3, -0.25) is 4.79 Å². The van der Waals surface area contributed by atoms with E-state index in [1.54, 1.807) is 48.7 Å². The molecule has 0 atom stereocenters. The smallest absolute Gasteiger partial charge is 0.344 e. The van der Waals surface area contributed by atoms with Crippen LogP contribution < -0.4 is 4.74 Å². The molecule has 0 spiro atoms. The molecular formula is C18H15NO4S. The maximum absolute atomic E-state index is 12.3. The number of ketones is 1. The van der Waals surface area contributed by atoms with Crippen molar-refractivity contribution in [1.82, 2.24) is 0 Å². The lowest BCUT2D eigenvalue weighted by Gasteiger charge is -2.08. The quantitative estimate of drug-likeness (QED) is 0.333. The Morgan fingerprint density at radius 3 is 2.71 bits per heavy atom. The predicted octanol–water partition coefficient (Wildman–Crippen LogP) is 3.48. The van der Waals surface area contributed by atoms with Gasteiger partial charge >= 0.3 is 5.97 Å². The van der Waals surface area contributed by atoms with Crippen molar-refractivity contribution in [2.45, 2.75) is 6.92 Å². The van der Waals surface area contributed by atoms with Crippen LogP contribution in [0.15, 0.2) is 47.4 Å². The summed E-state index contributed by atoms with van der Waals surface area (Å²) in [4.78, 5) is 24.2. The number of carbonyl (C=O) groups excluding carboxylic acids is 2. The molecule has 0 amide bonds. The Hall–Kier alpha value is -2.91. The zero-order chi connectivity index (χ0) is 17.4. The molecular weight excluding hydrogens is 326 g/mol. The first-order valence-corrected chi connectivity index (χ1v) is 8.11. The number of thiophene rings is 1. The molecule has 5 nitrogen and oxygen atoms in total. The zero-order valence-corrected chi connectivity index (χ0v) is 13.8. The summed E-state index contributed by atoms with van der Waals surface area (Å²) < 4.78 is 10.2. The van der Waals surface area contributed by atoms with Crippen LogP contribution >= 0.6 is 11.3 Å². The van der Waals surface area contributed by atoms with E-state index in [0.717, 1.165) is 0 Å². The van der Waals surface area contributed by atoms with Crippen molar-refractivity contribution in [3.05, 3.63) is 57.8 Å². The van der Waals surface area contributed by atoms with Gasteiger partial charge in [0.1, 0.15) is 17.4 Å². The van der Waals surface area contributed by atoms with Gasteiger partial charge in [0.2, 0.25) is 5.78 Å².